The van der Waals surface area contributed by atoms with E-state index < -0.39 is 0 Å². The van der Waals surface area contributed by atoms with Gasteiger partial charge < -0.3 is 9.73 Å². The molecule has 0 saturated carbocycles. The van der Waals surface area contributed by atoms with Crippen molar-refractivity contribution in [2.75, 3.05) is 7.05 Å². The van der Waals surface area contributed by atoms with Crippen LogP contribution in [0, 0.1) is 0 Å². The molecule has 0 unspecified atom stereocenters. The van der Waals surface area contributed by atoms with E-state index in [0.717, 1.165) is 5.56 Å². The Morgan fingerprint density at radius 3 is 2.59 bits per heavy atom. The van der Waals surface area contributed by atoms with Crippen molar-refractivity contribution in [3.05, 3.63) is 65.3 Å². The third-order valence-corrected chi connectivity index (χ3v) is 3.52. The Bertz CT molecular complexity index is 810. The Morgan fingerprint density at radius 1 is 1.14 bits per heavy atom. The van der Waals surface area contributed by atoms with Crippen molar-refractivity contribution >= 4 is 17.5 Å². The second-order valence-electron chi connectivity index (χ2n) is 4.66. The molecule has 3 aromatic rings. The summed E-state index contributed by atoms with van der Waals surface area (Å²) in [6, 6.07) is 14.5. The van der Waals surface area contributed by atoms with E-state index in [4.69, 9.17) is 16.0 Å². The highest BCUT2D eigenvalue weighted by molar-refractivity contribution is 6.30. The molecule has 3 rings (SSSR count). The van der Waals surface area contributed by atoms with E-state index in [-0.39, 0.29) is 5.91 Å². The predicted molar refractivity (Wildman–Crippen MR) is 85.8 cm³/mol. The molecule has 0 radical (unpaired) electrons. The maximum Gasteiger partial charge on any atom is 0.251 e. The van der Waals surface area contributed by atoms with Crippen LogP contribution in [0.2, 0.25) is 5.02 Å². The second-order valence-corrected chi connectivity index (χ2v) is 5.10. The standard InChI is InChI=1S/C17H13ClN2O2/c1-19-16(21)13-4-2-3-5-14(13)17-20-10-15(22-17)11-6-8-12(18)9-7-11/h2-10H,1H3,(H,19,21). The lowest BCUT2D eigenvalue weighted by atomic mass is 10.1. The zero-order chi connectivity index (χ0) is 15.5. The quantitative estimate of drug-likeness (QED) is 0.794. The van der Waals surface area contributed by atoms with E-state index in [1.54, 1.807) is 37.5 Å². The van der Waals surface area contributed by atoms with Gasteiger partial charge in [-0.15, -0.1) is 0 Å². The molecular weight excluding hydrogens is 300 g/mol. The average Bonchev–Trinajstić information content (AvgIpc) is 3.04. The van der Waals surface area contributed by atoms with E-state index in [9.17, 15) is 4.79 Å². The molecule has 0 aliphatic rings. The average molecular weight is 313 g/mol. The highest BCUT2D eigenvalue weighted by atomic mass is 35.5. The molecule has 0 bridgehead atoms. The van der Waals surface area contributed by atoms with Crippen LogP contribution in [0.1, 0.15) is 10.4 Å². The van der Waals surface area contributed by atoms with Crippen molar-refractivity contribution in [3.8, 4) is 22.8 Å². The van der Waals surface area contributed by atoms with Gasteiger partial charge in [-0.05, 0) is 36.4 Å². The number of halogens is 1. The van der Waals surface area contributed by atoms with Crippen molar-refractivity contribution in [1.82, 2.24) is 10.3 Å². The number of rotatable bonds is 3. The van der Waals surface area contributed by atoms with Crippen molar-refractivity contribution in [2.24, 2.45) is 0 Å². The molecule has 0 atom stereocenters. The highest BCUT2D eigenvalue weighted by Gasteiger charge is 2.15. The van der Waals surface area contributed by atoms with Gasteiger partial charge in [0, 0.05) is 23.2 Å². The Labute approximate surface area is 132 Å². The first kappa shape index (κ1) is 14.4. The fourth-order valence-electron chi connectivity index (χ4n) is 2.15. The minimum Gasteiger partial charge on any atom is -0.436 e. The van der Waals surface area contributed by atoms with Crippen molar-refractivity contribution in [1.29, 1.82) is 0 Å². The van der Waals surface area contributed by atoms with Crippen molar-refractivity contribution < 1.29 is 9.21 Å². The summed E-state index contributed by atoms with van der Waals surface area (Å²) in [4.78, 5) is 16.2. The number of hydrogen-bond donors (Lipinski definition) is 1. The topological polar surface area (TPSA) is 55.1 Å². The fourth-order valence-corrected chi connectivity index (χ4v) is 2.27. The SMILES string of the molecule is CNC(=O)c1ccccc1-c1ncc(-c2ccc(Cl)cc2)o1. The molecule has 0 aliphatic heterocycles. The molecule has 4 nitrogen and oxygen atoms in total. The Balaban J connectivity index is 2.01. The lowest BCUT2D eigenvalue weighted by molar-refractivity contribution is 0.0963. The third-order valence-electron chi connectivity index (χ3n) is 3.26. The van der Waals surface area contributed by atoms with Gasteiger partial charge >= 0.3 is 0 Å². The molecule has 0 fully saturated rings. The summed E-state index contributed by atoms with van der Waals surface area (Å²) in [6.07, 6.45) is 1.64. The van der Waals surface area contributed by atoms with Crippen LogP contribution in [0.25, 0.3) is 22.8 Å². The summed E-state index contributed by atoms with van der Waals surface area (Å²) in [5, 5.41) is 3.27. The summed E-state index contributed by atoms with van der Waals surface area (Å²) in [5.41, 5.74) is 2.05. The monoisotopic (exact) mass is 312 g/mol. The number of benzene rings is 2. The van der Waals surface area contributed by atoms with Gasteiger partial charge in [0.1, 0.15) is 0 Å². The number of hydrogen-bond acceptors (Lipinski definition) is 3. The van der Waals surface area contributed by atoms with E-state index in [1.807, 2.05) is 24.3 Å². The molecule has 1 aromatic heterocycles. The molecule has 1 amide bonds. The zero-order valence-corrected chi connectivity index (χ0v) is 12.6. The number of nitrogens with one attached hydrogen (secondary N) is 1. The van der Waals surface area contributed by atoms with Gasteiger partial charge in [0.2, 0.25) is 5.89 Å². The number of carbonyl (C=O) groups excluding carboxylic acids is 1. The molecule has 1 N–H and O–H groups in total. The molecule has 0 aliphatic carbocycles. The van der Waals surface area contributed by atoms with Gasteiger partial charge in [0.15, 0.2) is 5.76 Å². The van der Waals surface area contributed by atoms with Gasteiger partial charge in [-0.25, -0.2) is 4.98 Å². The first-order chi connectivity index (χ1) is 10.7. The summed E-state index contributed by atoms with van der Waals surface area (Å²) < 4.78 is 5.80. The van der Waals surface area contributed by atoms with Gasteiger partial charge in [-0.1, -0.05) is 23.7 Å². The number of nitrogens with zero attached hydrogens (tertiary/aromatic N) is 1. The van der Waals surface area contributed by atoms with Crippen molar-refractivity contribution in [2.45, 2.75) is 0 Å². The largest absolute Gasteiger partial charge is 0.436 e. The second kappa shape index (κ2) is 6.03. The Hall–Kier alpha value is -2.59. The van der Waals surface area contributed by atoms with E-state index in [0.29, 0.717) is 27.8 Å². The van der Waals surface area contributed by atoms with E-state index in [1.165, 1.54) is 0 Å². The summed E-state index contributed by atoms with van der Waals surface area (Å²) >= 11 is 5.88. The van der Waals surface area contributed by atoms with Crippen LogP contribution < -0.4 is 5.32 Å². The molecule has 2 aromatic carbocycles. The predicted octanol–water partition coefficient (Wildman–Crippen LogP) is 4.02. The van der Waals surface area contributed by atoms with Gasteiger partial charge in [-0.2, -0.15) is 0 Å². The van der Waals surface area contributed by atoms with Crippen LogP contribution in [0.5, 0.6) is 0 Å². The van der Waals surface area contributed by atoms with Gasteiger partial charge in [-0.3, -0.25) is 4.79 Å². The Kier molecular flexibility index (Phi) is 3.94. The van der Waals surface area contributed by atoms with Crippen LogP contribution in [-0.2, 0) is 0 Å². The smallest absolute Gasteiger partial charge is 0.251 e. The molecule has 5 heteroatoms. The molecule has 0 saturated heterocycles. The summed E-state index contributed by atoms with van der Waals surface area (Å²) in [5.74, 6) is 0.851. The first-order valence-corrected chi connectivity index (χ1v) is 7.10. The molecule has 0 spiro atoms. The molecular formula is C17H13ClN2O2. The van der Waals surface area contributed by atoms with E-state index >= 15 is 0 Å². The molecule has 110 valence electrons. The third kappa shape index (κ3) is 2.73. The minimum atomic E-state index is -0.179. The number of oxazole rings is 1. The van der Waals surface area contributed by atoms with Gasteiger partial charge in [0.25, 0.3) is 5.91 Å². The zero-order valence-electron chi connectivity index (χ0n) is 11.8. The molecule has 22 heavy (non-hydrogen) atoms. The van der Waals surface area contributed by atoms with Gasteiger partial charge in [0.05, 0.1) is 11.8 Å². The van der Waals surface area contributed by atoms with Crippen LogP contribution in [0.15, 0.2) is 59.1 Å². The summed E-state index contributed by atoms with van der Waals surface area (Å²) in [6.45, 7) is 0. The van der Waals surface area contributed by atoms with Crippen molar-refractivity contribution in [3.63, 3.8) is 0 Å². The van der Waals surface area contributed by atoms with Crippen LogP contribution >= 0.6 is 11.6 Å². The fraction of sp³-hybridized carbons (Fsp3) is 0.0588. The summed E-state index contributed by atoms with van der Waals surface area (Å²) in [7, 11) is 1.59. The maximum atomic E-state index is 11.9. The van der Waals surface area contributed by atoms with E-state index in [2.05, 4.69) is 10.3 Å². The van der Waals surface area contributed by atoms with Crippen LogP contribution in [0.4, 0.5) is 0 Å². The molecule has 1 heterocycles. The number of amides is 1. The maximum absolute atomic E-state index is 11.9. The highest BCUT2D eigenvalue weighted by Crippen LogP contribution is 2.28. The van der Waals surface area contributed by atoms with Crippen LogP contribution in [-0.4, -0.2) is 17.9 Å². The minimum absolute atomic E-state index is 0.179. The lowest BCUT2D eigenvalue weighted by Gasteiger charge is -2.04. The normalized spacial score (nSPS) is 10.5. The van der Waals surface area contributed by atoms with Crippen LogP contribution in [0.3, 0.4) is 0 Å². The number of carbonyl (C=O) groups is 1. The first-order valence-electron chi connectivity index (χ1n) is 6.72. The lowest BCUT2D eigenvalue weighted by Crippen LogP contribution is -2.18. The Morgan fingerprint density at radius 2 is 1.86 bits per heavy atom. The number of aromatic nitrogens is 1.